The van der Waals surface area contributed by atoms with Crippen LogP contribution in [-0.4, -0.2) is 38.8 Å². The van der Waals surface area contributed by atoms with Gasteiger partial charge in [0.15, 0.2) is 5.75 Å². The molecule has 3 aromatic carbocycles. The quantitative estimate of drug-likeness (QED) is 0.486. The number of hydrogen-bond acceptors (Lipinski definition) is 4. The van der Waals surface area contributed by atoms with Gasteiger partial charge in [0.05, 0.1) is 11.6 Å². The van der Waals surface area contributed by atoms with Gasteiger partial charge in [0.25, 0.3) is 0 Å². The maximum atomic E-state index is 13.7. The number of benzene rings is 3. The van der Waals surface area contributed by atoms with E-state index in [1.54, 1.807) is 18.3 Å². The van der Waals surface area contributed by atoms with Crippen LogP contribution in [0.3, 0.4) is 0 Å². The zero-order valence-electron chi connectivity index (χ0n) is 18.4. The normalized spacial score (nSPS) is 20.9. The second-order valence-corrected chi connectivity index (χ2v) is 9.08. The number of hydrogen-bond donors (Lipinski definition) is 0. The molecule has 1 atom stereocenters. The summed E-state index contributed by atoms with van der Waals surface area (Å²) in [6.07, 6.45) is -2.85. The topological polar surface area (TPSA) is 28.1 Å². The van der Waals surface area contributed by atoms with Gasteiger partial charge in [0.1, 0.15) is 12.2 Å². The largest absolute Gasteiger partial charge is 0.459 e. The first kappa shape index (κ1) is 20.7. The van der Waals surface area contributed by atoms with E-state index in [9.17, 15) is 13.2 Å². The average molecular weight is 439 g/mol. The van der Waals surface area contributed by atoms with Crippen molar-refractivity contribution in [2.24, 2.45) is 4.99 Å². The fraction of sp³-hybridized carbons (Fsp3) is 0.320. The zero-order chi connectivity index (χ0) is 22.9. The van der Waals surface area contributed by atoms with Crippen LogP contribution in [0, 0.1) is 0 Å². The summed E-state index contributed by atoms with van der Waals surface area (Å²) < 4.78 is 47.7. The van der Waals surface area contributed by atoms with Gasteiger partial charge >= 0.3 is 6.18 Å². The lowest BCUT2D eigenvalue weighted by molar-refractivity contribution is -0.125. The smallest absolute Gasteiger partial charge is 0.406 e. The predicted molar refractivity (Wildman–Crippen MR) is 123 cm³/mol. The maximum absolute atomic E-state index is 13.7. The molecular formula is C25H24F3N3O. The van der Waals surface area contributed by atoms with Crippen LogP contribution in [0.1, 0.15) is 19.4 Å². The summed E-state index contributed by atoms with van der Waals surface area (Å²) in [7, 11) is 3.86. The first-order chi connectivity index (χ1) is 15.1. The van der Waals surface area contributed by atoms with Crippen molar-refractivity contribution in [3.8, 4) is 5.75 Å². The molecule has 2 aliphatic rings. The Hall–Kier alpha value is -3.22. The Morgan fingerprint density at radius 1 is 1.00 bits per heavy atom. The van der Waals surface area contributed by atoms with Crippen molar-refractivity contribution < 1.29 is 17.9 Å². The molecule has 0 fully saturated rings. The molecule has 166 valence electrons. The molecule has 0 amide bonds. The van der Waals surface area contributed by atoms with Crippen molar-refractivity contribution in [2.75, 3.05) is 30.4 Å². The van der Waals surface area contributed by atoms with E-state index < -0.39 is 23.9 Å². The fourth-order valence-electron chi connectivity index (χ4n) is 4.99. The molecule has 1 spiro atoms. The van der Waals surface area contributed by atoms with Gasteiger partial charge in [-0.3, -0.25) is 4.99 Å². The summed E-state index contributed by atoms with van der Waals surface area (Å²) in [5, 5.41) is 1.91. The highest BCUT2D eigenvalue weighted by Crippen LogP contribution is 2.56. The van der Waals surface area contributed by atoms with E-state index >= 15 is 0 Å². The molecule has 0 aliphatic carbocycles. The lowest BCUT2D eigenvalue weighted by atomic mass is 9.77. The van der Waals surface area contributed by atoms with Crippen LogP contribution in [0.2, 0.25) is 0 Å². The lowest BCUT2D eigenvalue weighted by Crippen LogP contribution is -2.63. The Bertz CT molecular complexity index is 1250. The third-order valence-corrected chi connectivity index (χ3v) is 6.58. The molecule has 0 N–H and O–H groups in total. The number of anilines is 2. The summed E-state index contributed by atoms with van der Waals surface area (Å²) in [6, 6.07) is 16.9. The number of nitrogens with zero attached hydrogens (tertiary/aromatic N) is 3. The van der Waals surface area contributed by atoms with Gasteiger partial charge in [-0.25, -0.2) is 0 Å². The van der Waals surface area contributed by atoms with Gasteiger partial charge in [-0.1, -0.05) is 42.5 Å². The highest BCUT2D eigenvalue weighted by atomic mass is 19.4. The molecule has 0 radical (unpaired) electrons. The average Bonchev–Trinajstić information content (AvgIpc) is 2.91. The van der Waals surface area contributed by atoms with Crippen LogP contribution in [-0.2, 0) is 5.41 Å². The monoisotopic (exact) mass is 439 g/mol. The number of rotatable bonds is 2. The zero-order valence-corrected chi connectivity index (χ0v) is 18.4. The molecule has 5 rings (SSSR count). The standard InChI is InChI=1S/C25H24F3N3O/c1-23(2)18-11-7-8-12-19(18)31(15-25(26,27)28)24(23)14-29-22-17-10-6-5-9-16(17)20(30(3)4)13-21(22)32-24/h5-14H,15H2,1-4H3. The second-order valence-electron chi connectivity index (χ2n) is 9.08. The first-order valence-corrected chi connectivity index (χ1v) is 10.5. The highest BCUT2D eigenvalue weighted by molar-refractivity contribution is 6.06. The third kappa shape index (κ3) is 2.80. The van der Waals surface area contributed by atoms with Gasteiger partial charge in [0, 0.05) is 42.3 Å². The Labute approximate surface area is 184 Å². The van der Waals surface area contributed by atoms with Crippen LogP contribution < -0.4 is 14.5 Å². The molecule has 0 aromatic heterocycles. The number of halogens is 3. The van der Waals surface area contributed by atoms with Crippen LogP contribution >= 0.6 is 0 Å². The number of aliphatic imine (C=N–C) groups is 1. The predicted octanol–water partition coefficient (Wildman–Crippen LogP) is 6.06. The van der Waals surface area contributed by atoms with Crippen molar-refractivity contribution in [3.05, 3.63) is 60.2 Å². The molecule has 3 aromatic rings. The first-order valence-electron chi connectivity index (χ1n) is 10.5. The number of para-hydroxylation sites is 1. The minimum atomic E-state index is -4.41. The Kier molecular flexibility index (Phi) is 4.29. The molecule has 7 heteroatoms. The van der Waals surface area contributed by atoms with Crippen molar-refractivity contribution in [1.29, 1.82) is 0 Å². The summed E-state index contributed by atoms with van der Waals surface area (Å²) in [6.45, 7) is 2.68. The molecular weight excluding hydrogens is 415 g/mol. The van der Waals surface area contributed by atoms with Crippen LogP contribution in [0.15, 0.2) is 59.6 Å². The summed E-state index contributed by atoms with van der Waals surface area (Å²) in [5.74, 6) is 0.475. The Morgan fingerprint density at radius 3 is 2.34 bits per heavy atom. The van der Waals surface area contributed by atoms with E-state index in [1.807, 2.05) is 75.3 Å². The Morgan fingerprint density at radius 2 is 1.66 bits per heavy atom. The van der Waals surface area contributed by atoms with E-state index in [4.69, 9.17) is 9.73 Å². The molecule has 4 nitrogen and oxygen atoms in total. The van der Waals surface area contributed by atoms with E-state index in [2.05, 4.69) is 0 Å². The molecule has 2 aliphatic heterocycles. The van der Waals surface area contributed by atoms with Gasteiger partial charge in [0.2, 0.25) is 5.72 Å². The van der Waals surface area contributed by atoms with Crippen molar-refractivity contribution in [1.82, 2.24) is 0 Å². The fourth-order valence-corrected chi connectivity index (χ4v) is 4.99. The van der Waals surface area contributed by atoms with E-state index in [1.165, 1.54) is 4.90 Å². The van der Waals surface area contributed by atoms with Crippen LogP contribution in [0.25, 0.3) is 10.8 Å². The van der Waals surface area contributed by atoms with Gasteiger partial charge in [-0.05, 0) is 25.5 Å². The number of ether oxygens (including phenoxy) is 1. The van der Waals surface area contributed by atoms with Gasteiger partial charge in [-0.15, -0.1) is 0 Å². The summed E-state index contributed by atoms with van der Waals surface area (Å²) in [5.41, 5.74) is 0.675. The van der Waals surface area contributed by atoms with E-state index in [-0.39, 0.29) is 0 Å². The van der Waals surface area contributed by atoms with E-state index in [0.717, 1.165) is 22.0 Å². The number of fused-ring (bicyclic) bond motifs is 4. The molecule has 0 saturated heterocycles. The van der Waals surface area contributed by atoms with Gasteiger partial charge in [-0.2, -0.15) is 13.2 Å². The molecule has 0 bridgehead atoms. The summed E-state index contributed by atoms with van der Waals surface area (Å²) in [4.78, 5) is 8.01. The SMILES string of the molecule is CN(C)c1cc2c(c3ccccc13)N=CC1(O2)N(CC(F)(F)F)c2ccccc2C1(C)C. The van der Waals surface area contributed by atoms with Crippen molar-refractivity contribution in [3.63, 3.8) is 0 Å². The highest BCUT2D eigenvalue weighted by Gasteiger charge is 2.61. The minimum Gasteiger partial charge on any atom is -0.459 e. The molecule has 1 unspecified atom stereocenters. The van der Waals surface area contributed by atoms with Crippen LogP contribution in [0.5, 0.6) is 5.75 Å². The van der Waals surface area contributed by atoms with Gasteiger partial charge < -0.3 is 14.5 Å². The molecule has 0 saturated carbocycles. The van der Waals surface area contributed by atoms with E-state index in [0.29, 0.717) is 17.1 Å². The number of alkyl halides is 3. The van der Waals surface area contributed by atoms with Crippen molar-refractivity contribution >= 4 is 34.0 Å². The molecule has 2 heterocycles. The van der Waals surface area contributed by atoms with Crippen LogP contribution in [0.4, 0.5) is 30.2 Å². The maximum Gasteiger partial charge on any atom is 0.406 e. The third-order valence-electron chi connectivity index (χ3n) is 6.58. The van der Waals surface area contributed by atoms with Crippen molar-refractivity contribution in [2.45, 2.75) is 31.2 Å². The molecule has 32 heavy (non-hydrogen) atoms. The Balaban J connectivity index is 1.75. The lowest BCUT2D eigenvalue weighted by Gasteiger charge is -2.46. The second kappa shape index (κ2) is 6.64. The minimum absolute atomic E-state index is 0.475. The summed E-state index contributed by atoms with van der Waals surface area (Å²) >= 11 is 0.